The molecular formula is C20H17F3N2O3. The zero-order valence-corrected chi connectivity index (χ0v) is 14.8. The van der Waals surface area contributed by atoms with Crippen molar-refractivity contribution < 1.29 is 27.1 Å². The number of carbonyl (C=O) groups excluding carboxylic acids is 1. The summed E-state index contributed by atoms with van der Waals surface area (Å²) in [6.45, 7) is 1.17. The summed E-state index contributed by atoms with van der Waals surface area (Å²) >= 11 is 0. The van der Waals surface area contributed by atoms with Crippen LogP contribution in [0.1, 0.15) is 28.8 Å². The maximum atomic E-state index is 12.7. The van der Waals surface area contributed by atoms with E-state index in [1.807, 2.05) is 0 Å². The fourth-order valence-corrected chi connectivity index (χ4v) is 3.11. The maximum absolute atomic E-state index is 12.7. The van der Waals surface area contributed by atoms with E-state index in [0.717, 1.165) is 31.6 Å². The average molecular weight is 390 g/mol. The molecular weight excluding hydrogens is 373 g/mol. The first-order valence-corrected chi connectivity index (χ1v) is 8.88. The van der Waals surface area contributed by atoms with E-state index < -0.39 is 11.7 Å². The molecule has 4 rings (SSSR count). The van der Waals surface area contributed by atoms with Gasteiger partial charge < -0.3 is 14.5 Å². The number of amides is 1. The smallest absolute Gasteiger partial charge is 0.416 e. The first-order valence-electron chi connectivity index (χ1n) is 8.88. The third-order valence-corrected chi connectivity index (χ3v) is 4.62. The van der Waals surface area contributed by atoms with Crippen LogP contribution < -0.4 is 5.32 Å². The van der Waals surface area contributed by atoms with Gasteiger partial charge in [0, 0.05) is 24.3 Å². The van der Waals surface area contributed by atoms with E-state index in [-0.39, 0.29) is 17.9 Å². The highest BCUT2D eigenvalue weighted by Crippen LogP contribution is 2.31. The zero-order valence-electron chi connectivity index (χ0n) is 14.8. The fourth-order valence-electron chi connectivity index (χ4n) is 3.11. The van der Waals surface area contributed by atoms with Crippen LogP contribution >= 0.6 is 0 Å². The topological polar surface area (TPSA) is 64.4 Å². The van der Waals surface area contributed by atoms with Crippen LogP contribution in [0.3, 0.4) is 0 Å². The van der Waals surface area contributed by atoms with Crippen molar-refractivity contribution in [3.63, 3.8) is 0 Å². The van der Waals surface area contributed by atoms with Crippen LogP contribution in [0.4, 0.5) is 13.2 Å². The summed E-state index contributed by atoms with van der Waals surface area (Å²) in [5, 5.41) is 2.84. The molecule has 8 heteroatoms. The fraction of sp³-hybridized carbons (Fsp3) is 0.300. The summed E-state index contributed by atoms with van der Waals surface area (Å²) in [6.07, 6.45) is -2.42. The van der Waals surface area contributed by atoms with Crippen LogP contribution in [0.5, 0.6) is 0 Å². The lowest BCUT2D eigenvalue weighted by atomic mass is 10.1. The lowest BCUT2D eigenvalue weighted by Crippen LogP contribution is -2.31. The Kier molecular flexibility index (Phi) is 4.80. The normalized spacial score (nSPS) is 17.2. The number of carbonyl (C=O) groups is 1. The minimum absolute atomic E-state index is 0.0472. The van der Waals surface area contributed by atoms with Gasteiger partial charge in [-0.1, -0.05) is 0 Å². The van der Waals surface area contributed by atoms with Crippen LogP contribution in [0.2, 0.25) is 0 Å². The summed E-state index contributed by atoms with van der Waals surface area (Å²) < 4.78 is 49.1. The van der Waals surface area contributed by atoms with Crippen molar-refractivity contribution >= 4 is 17.0 Å². The molecule has 1 aromatic heterocycles. The lowest BCUT2D eigenvalue weighted by molar-refractivity contribution is -0.137. The van der Waals surface area contributed by atoms with E-state index in [2.05, 4.69) is 10.3 Å². The van der Waals surface area contributed by atoms with E-state index in [1.165, 1.54) is 12.1 Å². The molecule has 5 nitrogen and oxygen atoms in total. The molecule has 1 unspecified atom stereocenters. The highest BCUT2D eigenvalue weighted by molar-refractivity contribution is 5.97. The number of benzene rings is 2. The van der Waals surface area contributed by atoms with Crippen molar-refractivity contribution in [3.8, 4) is 11.5 Å². The summed E-state index contributed by atoms with van der Waals surface area (Å²) in [4.78, 5) is 16.6. The minimum atomic E-state index is -4.40. The van der Waals surface area contributed by atoms with Crippen molar-refractivity contribution in [2.75, 3.05) is 13.2 Å². The molecule has 1 atom stereocenters. The Labute approximate surface area is 158 Å². The Morgan fingerprint density at radius 2 is 1.96 bits per heavy atom. The number of alkyl halides is 3. The molecule has 0 spiro atoms. The quantitative estimate of drug-likeness (QED) is 0.716. The summed E-state index contributed by atoms with van der Waals surface area (Å²) in [6, 6.07) is 9.41. The second-order valence-corrected chi connectivity index (χ2v) is 6.62. The van der Waals surface area contributed by atoms with Gasteiger partial charge in [-0.25, -0.2) is 4.98 Å². The molecule has 1 saturated heterocycles. The molecule has 2 heterocycles. The number of hydrogen-bond acceptors (Lipinski definition) is 4. The van der Waals surface area contributed by atoms with Gasteiger partial charge in [0.05, 0.1) is 11.7 Å². The molecule has 1 aliphatic rings. The van der Waals surface area contributed by atoms with Crippen molar-refractivity contribution in [1.82, 2.24) is 10.3 Å². The van der Waals surface area contributed by atoms with Gasteiger partial charge in [-0.05, 0) is 55.3 Å². The van der Waals surface area contributed by atoms with Crippen LogP contribution in [-0.2, 0) is 10.9 Å². The van der Waals surface area contributed by atoms with Gasteiger partial charge in [0.2, 0.25) is 5.89 Å². The number of ether oxygens (including phenoxy) is 1. The first-order chi connectivity index (χ1) is 13.4. The van der Waals surface area contributed by atoms with Crippen LogP contribution in [0.25, 0.3) is 22.6 Å². The van der Waals surface area contributed by atoms with E-state index >= 15 is 0 Å². The van der Waals surface area contributed by atoms with Crippen LogP contribution in [0, 0.1) is 0 Å². The second-order valence-electron chi connectivity index (χ2n) is 6.62. The number of nitrogens with zero attached hydrogens (tertiary/aromatic N) is 1. The van der Waals surface area contributed by atoms with Crippen molar-refractivity contribution in [2.24, 2.45) is 0 Å². The Bertz CT molecular complexity index is 990. The third kappa shape index (κ3) is 3.87. The lowest BCUT2D eigenvalue weighted by Gasteiger charge is -2.10. The van der Waals surface area contributed by atoms with Gasteiger partial charge in [-0.3, -0.25) is 4.79 Å². The highest BCUT2D eigenvalue weighted by Gasteiger charge is 2.30. The Morgan fingerprint density at radius 1 is 1.18 bits per heavy atom. The van der Waals surface area contributed by atoms with Crippen LogP contribution in [0.15, 0.2) is 46.9 Å². The number of rotatable bonds is 4. The summed E-state index contributed by atoms with van der Waals surface area (Å²) in [5.41, 5.74) is 1.02. The van der Waals surface area contributed by atoms with Gasteiger partial charge in [0.25, 0.3) is 5.91 Å². The molecule has 2 aromatic carbocycles. The molecule has 0 bridgehead atoms. The summed E-state index contributed by atoms with van der Waals surface area (Å²) in [5.74, 6) is -0.0443. The third-order valence-electron chi connectivity index (χ3n) is 4.62. The molecule has 3 aromatic rings. The average Bonchev–Trinajstić information content (AvgIpc) is 3.34. The van der Waals surface area contributed by atoms with Crippen LogP contribution in [-0.4, -0.2) is 30.1 Å². The summed E-state index contributed by atoms with van der Waals surface area (Å²) in [7, 11) is 0. The molecule has 1 aliphatic heterocycles. The van der Waals surface area contributed by atoms with Gasteiger partial charge in [0.1, 0.15) is 5.52 Å². The largest absolute Gasteiger partial charge is 0.436 e. The second kappa shape index (κ2) is 7.27. The predicted octanol–water partition coefficient (Wildman–Crippen LogP) is 4.42. The Morgan fingerprint density at radius 3 is 2.64 bits per heavy atom. The van der Waals surface area contributed by atoms with Gasteiger partial charge in [-0.15, -0.1) is 0 Å². The molecule has 1 fully saturated rings. The first kappa shape index (κ1) is 18.5. The Balaban J connectivity index is 1.52. The van der Waals surface area contributed by atoms with E-state index in [0.29, 0.717) is 28.8 Å². The molecule has 1 amide bonds. The molecule has 1 N–H and O–H groups in total. The molecule has 0 aliphatic carbocycles. The zero-order chi connectivity index (χ0) is 19.7. The molecule has 0 radical (unpaired) electrons. The number of aromatic nitrogens is 1. The van der Waals surface area contributed by atoms with Gasteiger partial charge >= 0.3 is 6.18 Å². The molecule has 28 heavy (non-hydrogen) atoms. The highest BCUT2D eigenvalue weighted by atomic mass is 19.4. The number of oxazole rings is 1. The predicted molar refractivity (Wildman–Crippen MR) is 95.8 cm³/mol. The molecule has 146 valence electrons. The number of nitrogens with one attached hydrogen (secondary N) is 1. The minimum Gasteiger partial charge on any atom is -0.436 e. The van der Waals surface area contributed by atoms with Crippen molar-refractivity contribution in [2.45, 2.75) is 25.1 Å². The maximum Gasteiger partial charge on any atom is 0.416 e. The van der Waals surface area contributed by atoms with Gasteiger partial charge in [0.15, 0.2) is 5.58 Å². The number of halogens is 3. The van der Waals surface area contributed by atoms with E-state index in [9.17, 15) is 18.0 Å². The molecule has 0 saturated carbocycles. The van der Waals surface area contributed by atoms with Crippen molar-refractivity contribution in [1.29, 1.82) is 0 Å². The van der Waals surface area contributed by atoms with Gasteiger partial charge in [-0.2, -0.15) is 13.2 Å². The Hall–Kier alpha value is -2.87. The number of hydrogen-bond donors (Lipinski definition) is 1. The standard InChI is InChI=1S/C20H17F3N2O3/c21-20(22,23)14-6-3-12(4-7-14)19-25-16-10-13(5-8-17(16)28-19)18(26)24-11-15-2-1-9-27-15/h3-8,10,15H,1-2,9,11H2,(H,24,26). The van der Waals surface area contributed by atoms with E-state index in [1.54, 1.807) is 18.2 Å². The van der Waals surface area contributed by atoms with Crippen molar-refractivity contribution in [3.05, 3.63) is 53.6 Å². The number of fused-ring (bicyclic) bond motifs is 1. The monoisotopic (exact) mass is 390 g/mol. The van der Waals surface area contributed by atoms with E-state index in [4.69, 9.17) is 9.15 Å². The SMILES string of the molecule is O=C(NCC1CCCO1)c1ccc2oc(-c3ccc(C(F)(F)F)cc3)nc2c1.